The summed E-state index contributed by atoms with van der Waals surface area (Å²) in [5, 5.41) is 5.82. The zero-order chi connectivity index (χ0) is 24.4. The first-order valence-electron chi connectivity index (χ1n) is 12.1. The molecule has 4 heteroatoms. The van der Waals surface area contributed by atoms with Crippen LogP contribution in [0.5, 0.6) is 0 Å². The highest BCUT2D eigenvalue weighted by atomic mass is 31.2. The quantitative estimate of drug-likeness (QED) is 0.237. The molecule has 36 heavy (non-hydrogen) atoms. The molecule has 0 saturated carbocycles. The van der Waals surface area contributed by atoms with Crippen molar-refractivity contribution in [1.29, 1.82) is 0 Å². The number of rotatable bonds is 3. The fourth-order valence-corrected chi connectivity index (χ4v) is 8.21. The van der Waals surface area contributed by atoms with Gasteiger partial charge in [0.2, 0.25) is 7.29 Å². The van der Waals surface area contributed by atoms with E-state index >= 15 is 4.57 Å². The summed E-state index contributed by atoms with van der Waals surface area (Å²) < 4.78 is 24.1. The predicted molar refractivity (Wildman–Crippen MR) is 151 cm³/mol. The Hall–Kier alpha value is -4.07. The molecule has 2 heterocycles. The van der Waals surface area contributed by atoms with Gasteiger partial charge in [-0.25, -0.2) is 0 Å². The van der Waals surface area contributed by atoms with Gasteiger partial charge >= 0.3 is 0 Å². The lowest BCUT2D eigenvalue weighted by molar-refractivity contribution is 0.583. The molecule has 3 nitrogen and oxygen atoms in total. The molecular weight excluding hydrogens is 461 g/mol. The van der Waals surface area contributed by atoms with Gasteiger partial charge in [-0.05, 0) is 62.4 Å². The van der Waals surface area contributed by atoms with E-state index in [0.29, 0.717) is 0 Å². The van der Waals surface area contributed by atoms with Gasteiger partial charge in [0, 0.05) is 26.8 Å². The Balaban J connectivity index is 1.68. The van der Waals surface area contributed by atoms with Gasteiger partial charge in [-0.3, -0.25) is 8.90 Å². The zero-order valence-electron chi connectivity index (χ0n) is 20.1. The molecule has 0 amide bonds. The number of nitrogens with zero attached hydrogens (tertiary/aromatic N) is 1. The van der Waals surface area contributed by atoms with Crippen molar-refractivity contribution in [3.63, 3.8) is 0 Å². The first-order chi connectivity index (χ1) is 17.6. The first-order valence-corrected chi connectivity index (χ1v) is 13.8. The van der Waals surface area contributed by atoms with Crippen molar-refractivity contribution in [1.82, 2.24) is 4.34 Å². The van der Waals surface area contributed by atoms with E-state index in [9.17, 15) is 0 Å². The van der Waals surface area contributed by atoms with Gasteiger partial charge in [-0.1, -0.05) is 71.8 Å². The number of aromatic nitrogens is 1. The summed E-state index contributed by atoms with van der Waals surface area (Å²) in [6.07, 6.45) is 0. The molecule has 2 aromatic heterocycles. The summed E-state index contributed by atoms with van der Waals surface area (Å²) in [7, 11) is -3.30. The van der Waals surface area contributed by atoms with Gasteiger partial charge in [-0.15, -0.1) is 0 Å². The van der Waals surface area contributed by atoms with E-state index in [1.54, 1.807) is 0 Å². The van der Waals surface area contributed by atoms with E-state index in [1.165, 1.54) is 0 Å². The number of fused-ring (bicyclic) bond motifs is 7. The average Bonchev–Trinajstić information content (AvgIpc) is 3.45. The number of hydrogen-bond acceptors (Lipinski definition) is 2. The van der Waals surface area contributed by atoms with Gasteiger partial charge < -0.3 is 4.42 Å². The van der Waals surface area contributed by atoms with Crippen LogP contribution in [0.2, 0.25) is 0 Å². The molecule has 5 aromatic carbocycles. The van der Waals surface area contributed by atoms with E-state index in [0.717, 1.165) is 65.5 Å². The third-order valence-corrected chi connectivity index (χ3v) is 10.2. The second-order valence-corrected chi connectivity index (χ2v) is 12.1. The first kappa shape index (κ1) is 21.2. The fourth-order valence-electron chi connectivity index (χ4n) is 5.39. The second kappa shape index (κ2) is 7.71. The van der Waals surface area contributed by atoms with Crippen molar-refractivity contribution in [2.45, 2.75) is 13.8 Å². The molecular formula is C32H24NO2P. The minimum absolute atomic E-state index is 0.810. The monoisotopic (exact) mass is 485 g/mol. The van der Waals surface area contributed by atoms with Gasteiger partial charge in [-0.2, -0.15) is 0 Å². The van der Waals surface area contributed by atoms with Crippen LogP contribution in [0.3, 0.4) is 0 Å². The molecule has 0 aliphatic rings. The summed E-state index contributed by atoms with van der Waals surface area (Å²) >= 11 is 0. The Morgan fingerprint density at radius 3 is 1.83 bits per heavy atom. The summed E-state index contributed by atoms with van der Waals surface area (Å²) in [5.41, 5.74) is 5.82. The maximum absolute atomic E-state index is 15.6. The largest absolute Gasteiger partial charge is 0.455 e. The van der Waals surface area contributed by atoms with Gasteiger partial charge in [0.25, 0.3) is 0 Å². The Morgan fingerprint density at radius 2 is 1.17 bits per heavy atom. The molecule has 7 rings (SSSR count). The standard InChI is InChI=1S/C32H24NO2P/c1-21-11-15-23(16-12-21)36(34,24-17-13-22(2)14-18-24)33-28-9-5-3-8-27(28)31-29(33)20-19-26-25-7-4-6-10-30(25)35-32(26)31/h3-20H,1-2H3. The molecule has 0 unspecified atom stereocenters. The van der Waals surface area contributed by atoms with Crippen molar-refractivity contribution in [3.05, 3.63) is 120 Å². The Kier molecular flexibility index (Phi) is 4.55. The van der Waals surface area contributed by atoms with Crippen LogP contribution in [0, 0.1) is 13.8 Å². The summed E-state index contributed by atoms with van der Waals surface area (Å²) in [6, 6.07) is 36.8. The lowest BCUT2D eigenvalue weighted by Gasteiger charge is -2.23. The zero-order valence-corrected chi connectivity index (χ0v) is 21.0. The molecule has 0 spiro atoms. The van der Waals surface area contributed by atoms with Crippen molar-refractivity contribution in [2.24, 2.45) is 0 Å². The lowest BCUT2D eigenvalue weighted by Crippen LogP contribution is -2.21. The van der Waals surface area contributed by atoms with Gasteiger partial charge in [0.1, 0.15) is 11.2 Å². The Labute approximate surface area is 209 Å². The number of hydrogen-bond donors (Lipinski definition) is 0. The maximum atomic E-state index is 15.6. The molecule has 174 valence electrons. The molecule has 0 aliphatic carbocycles. The second-order valence-electron chi connectivity index (χ2n) is 9.51. The normalized spacial score (nSPS) is 12.3. The van der Waals surface area contributed by atoms with Crippen LogP contribution >= 0.6 is 7.29 Å². The number of furan rings is 1. The lowest BCUT2D eigenvalue weighted by atomic mass is 10.1. The highest BCUT2D eigenvalue weighted by molar-refractivity contribution is 7.77. The smallest absolute Gasteiger partial charge is 0.234 e. The maximum Gasteiger partial charge on any atom is 0.234 e. The molecule has 0 atom stereocenters. The van der Waals surface area contributed by atoms with Crippen LogP contribution in [0.25, 0.3) is 43.7 Å². The summed E-state index contributed by atoms with van der Waals surface area (Å²) in [5.74, 6) is 0. The molecule has 0 bridgehead atoms. The van der Waals surface area contributed by atoms with Crippen LogP contribution in [0.4, 0.5) is 0 Å². The molecule has 7 aromatic rings. The highest BCUT2D eigenvalue weighted by Crippen LogP contribution is 2.52. The van der Waals surface area contributed by atoms with Gasteiger partial charge in [0.05, 0.1) is 16.4 Å². The van der Waals surface area contributed by atoms with Crippen LogP contribution in [-0.2, 0) is 4.57 Å². The summed E-state index contributed by atoms with van der Waals surface area (Å²) in [4.78, 5) is 0. The molecule has 0 saturated heterocycles. The van der Waals surface area contributed by atoms with E-state index in [4.69, 9.17) is 4.42 Å². The van der Waals surface area contributed by atoms with E-state index in [2.05, 4.69) is 48.5 Å². The van der Waals surface area contributed by atoms with Crippen LogP contribution in [0.15, 0.2) is 114 Å². The van der Waals surface area contributed by atoms with Crippen molar-refractivity contribution in [3.8, 4) is 0 Å². The minimum Gasteiger partial charge on any atom is -0.455 e. The molecule has 0 radical (unpaired) electrons. The van der Waals surface area contributed by atoms with E-state index < -0.39 is 7.29 Å². The van der Waals surface area contributed by atoms with Crippen molar-refractivity contribution < 1.29 is 8.98 Å². The van der Waals surface area contributed by atoms with E-state index in [1.807, 2.05) is 78.9 Å². The Morgan fingerprint density at radius 1 is 0.583 bits per heavy atom. The SMILES string of the molecule is Cc1ccc(P(=O)(c2ccc(C)cc2)n2c3ccccc3c3c4oc5ccccc5c4ccc32)cc1. The Bertz CT molecular complexity index is 1930. The molecule has 0 aliphatic heterocycles. The van der Waals surface area contributed by atoms with Gasteiger partial charge in [0.15, 0.2) is 0 Å². The molecule has 0 fully saturated rings. The molecule has 0 N–H and O–H groups in total. The third-order valence-electron chi connectivity index (χ3n) is 7.20. The highest BCUT2D eigenvalue weighted by Gasteiger charge is 2.33. The third kappa shape index (κ3) is 2.90. The predicted octanol–water partition coefficient (Wildman–Crippen LogP) is 8.09. The van der Waals surface area contributed by atoms with Crippen LogP contribution < -0.4 is 10.6 Å². The average molecular weight is 486 g/mol. The van der Waals surface area contributed by atoms with Crippen LogP contribution in [0.1, 0.15) is 11.1 Å². The minimum atomic E-state index is -3.30. The number of para-hydroxylation sites is 2. The number of aryl methyl sites for hydroxylation is 2. The number of benzene rings is 5. The summed E-state index contributed by atoms with van der Waals surface area (Å²) in [6.45, 7) is 4.11. The van der Waals surface area contributed by atoms with Crippen LogP contribution in [-0.4, -0.2) is 4.34 Å². The van der Waals surface area contributed by atoms with Crippen molar-refractivity contribution in [2.75, 3.05) is 0 Å². The topological polar surface area (TPSA) is 35.1 Å². The van der Waals surface area contributed by atoms with E-state index in [-0.39, 0.29) is 0 Å². The van der Waals surface area contributed by atoms with Crippen molar-refractivity contribution >= 4 is 61.6 Å². The fraction of sp³-hybridized carbons (Fsp3) is 0.0625.